The molecule has 3 nitrogen and oxygen atoms in total. The second kappa shape index (κ2) is 4.55. The van der Waals surface area contributed by atoms with Gasteiger partial charge in [-0.25, -0.2) is 0 Å². The van der Waals surface area contributed by atoms with Crippen LogP contribution in [0.5, 0.6) is 0 Å². The van der Waals surface area contributed by atoms with Gasteiger partial charge in [0.05, 0.1) is 4.90 Å². The van der Waals surface area contributed by atoms with Crippen molar-refractivity contribution in [2.75, 3.05) is 0 Å². The molecular weight excluding hydrogens is 224 g/mol. The van der Waals surface area contributed by atoms with Crippen molar-refractivity contribution in [3.63, 3.8) is 0 Å². The average Bonchev–Trinajstić information content (AvgIpc) is 2.15. The third kappa shape index (κ3) is 2.83. The fourth-order valence-electron chi connectivity index (χ4n) is 1.61. The summed E-state index contributed by atoms with van der Waals surface area (Å²) in [6.45, 7) is 7.92. The molecule has 16 heavy (non-hydrogen) atoms. The van der Waals surface area contributed by atoms with E-state index in [0.717, 1.165) is 5.56 Å². The maximum Gasteiger partial charge on any atom is 0.294 e. The Morgan fingerprint density at radius 1 is 1.06 bits per heavy atom. The molecule has 4 heteroatoms. The van der Waals surface area contributed by atoms with Gasteiger partial charge < -0.3 is 0 Å². The molecule has 90 valence electrons. The summed E-state index contributed by atoms with van der Waals surface area (Å²) in [7, 11) is -4.12. The van der Waals surface area contributed by atoms with Crippen molar-refractivity contribution >= 4 is 10.1 Å². The summed E-state index contributed by atoms with van der Waals surface area (Å²) in [5.41, 5.74) is 1.75. The number of hydrogen-bond acceptors (Lipinski definition) is 2. The van der Waals surface area contributed by atoms with Crippen LogP contribution in [0.15, 0.2) is 23.1 Å². The first kappa shape index (κ1) is 13.2. The van der Waals surface area contributed by atoms with Crippen LogP contribution in [-0.4, -0.2) is 13.0 Å². The number of rotatable bonds is 3. The van der Waals surface area contributed by atoms with Crippen molar-refractivity contribution in [3.05, 3.63) is 29.3 Å². The lowest BCUT2D eigenvalue weighted by atomic mass is 9.96. The van der Waals surface area contributed by atoms with Crippen molar-refractivity contribution in [2.45, 2.75) is 44.4 Å². The molecule has 1 aromatic rings. The Hall–Kier alpha value is -0.870. The topological polar surface area (TPSA) is 54.4 Å². The highest BCUT2D eigenvalue weighted by molar-refractivity contribution is 7.85. The smallest absolute Gasteiger partial charge is 0.282 e. The van der Waals surface area contributed by atoms with Crippen LogP contribution in [0.25, 0.3) is 0 Å². The maximum atomic E-state index is 11.2. The lowest BCUT2D eigenvalue weighted by molar-refractivity contribution is 0.481. The monoisotopic (exact) mass is 242 g/mol. The molecule has 0 radical (unpaired) electrons. The zero-order valence-corrected chi connectivity index (χ0v) is 10.9. The molecular formula is C12H18O3S. The molecule has 0 fully saturated rings. The van der Waals surface area contributed by atoms with Crippen molar-refractivity contribution in [2.24, 2.45) is 0 Å². The summed E-state index contributed by atoms with van der Waals surface area (Å²) in [5, 5.41) is 0. The fraction of sp³-hybridized carbons (Fsp3) is 0.500. The Bertz CT molecular complexity index is 473. The first-order valence-corrected chi connectivity index (χ1v) is 6.78. The molecule has 0 amide bonds. The van der Waals surface area contributed by atoms with E-state index in [9.17, 15) is 8.42 Å². The molecule has 1 rings (SSSR count). The molecule has 0 aliphatic carbocycles. The van der Waals surface area contributed by atoms with Gasteiger partial charge in [0.15, 0.2) is 0 Å². The summed E-state index contributed by atoms with van der Waals surface area (Å²) >= 11 is 0. The first-order valence-electron chi connectivity index (χ1n) is 5.34. The number of hydrogen-bond donors (Lipinski definition) is 1. The van der Waals surface area contributed by atoms with Gasteiger partial charge in [-0.2, -0.15) is 8.42 Å². The normalized spacial score (nSPS) is 12.4. The Labute approximate surface area is 97.2 Å². The van der Waals surface area contributed by atoms with E-state index in [0.29, 0.717) is 11.5 Å². The van der Waals surface area contributed by atoms with Crippen LogP contribution in [0.3, 0.4) is 0 Å². The molecule has 0 saturated carbocycles. The third-order valence-corrected chi connectivity index (χ3v) is 3.53. The first-order chi connectivity index (χ1) is 7.23. The number of benzene rings is 1. The van der Waals surface area contributed by atoms with Crippen LogP contribution in [0.1, 0.15) is 50.7 Å². The van der Waals surface area contributed by atoms with Gasteiger partial charge in [-0.3, -0.25) is 4.55 Å². The van der Waals surface area contributed by atoms with E-state index < -0.39 is 10.1 Å². The summed E-state index contributed by atoms with van der Waals surface area (Å²) < 4.78 is 31.5. The Balaban J connectivity index is 3.43. The van der Waals surface area contributed by atoms with Crippen LogP contribution in [0.4, 0.5) is 0 Å². The highest BCUT2D eigenvalue weighted by Crippen LogP contribution is 2.27. The summed E-state index contributed by atoms with van der Waals surface area (Å²) in [6.07, 6.45) is 0. The molecule has 1 aromatic carbocycles. The van der Waals surface area contributed by atoms with E-state index in [-0.39, 0.29) is 10.8 Å². The van der Waals surface area contributed by atoms with Gasteiger partial charge >= 0.3 is 0 Å². The Morgan fingerprint density at radius 3 is 2.00 bits per heavy atom. The van der Waals surface area contributed by atoms with Gasteiger partial charge in [0.1, 0.15) is 0 Å². The molecule has 1 N–H and O–H groups in total. The van der Waals surface area contributed by atoms with Gasteiger partial charge in [-0.15, -0.1) is 0 Å². The zero-order chi connectivity index (χ0) is 12.5. The fourth-order valence-corrected chi connectivity index (χ4v) is 2.44. The average molecular weight is 242 g/mol. The van der Waals surface area contributed by atoms with Gasteiger partial charge in [0.2, 0.25) is 0 Å². The van der Waals surface area contributed by atoms with E-state index in [2.05, 4.69) is 0 Å². The molecule has 0 atom stereocenters. The molecule has 0 saturated heterocycles. The third-order valence-electron chi connectivity index (χ3n) is 2.60. The van der Waals surface area contributed by atoms with Gasteiger partial charge in [0, 0.05) is 0 Å². The van der Waals surface area contributed by atoms with Crippen molar-refractivity contribution < 1.29 is 13.0 Å². The SMILES string of the molecule is CC(C)c1ccc(S(=O)(=O)O)c(C(C)C)c1. The summed E-state index contributed by atoms with van der Waals surface area (Å²) in [6, 6.07) is 5.10. The predicted molar refractivity (Wildman–Crippen MR) is 64.4 cm³/mol. The van der Waals surface area contributed by atoms with Gasteiger partial charge in [-0.1, -0.05) is 39.8 Å². The summed E-state index contributed by atoms with van der Waals surface area (Å²) in [5.74, 6) is 0.406. The van der Waals surface area contributed by atoms with Crippen LogP contribution < -0.4 is 0 Å². The largest absolute Gasteiger partial charge is 0.294 e. The van der Waals surface area contributed by atoms with Crippen LogP contribution in [0.2, 0.25) is 0 Å². The van der Waals surface area contributed by atoms with E-state index >= 15 is 0 Å². The van der Waals surface area contributed by atoms with Crippen LogP contribution in [-0.2, 0) is 10.1 Å². The second-order valence-corrected chi connectivity index (χ2v) is 5.97. The second-order valence-electron chi connectivity index (χ2n) is 4.58. The van der Waals surface area contributed by atoms with Gasteiger partial charge in [-0.05, 0) is 29.0 Å². The highest BCUT2D eigenvalue weighted by atomic mass is 32.2. The van der Waals surface area contributed by atoms with Crippen molar-refractivity contribution in [3.8, 4) is 0 Å². The van der Waals surface area contributed by atoms with Crippen molar-refractivity contribution in [1.82, 2.24) is 0 Å². The molecule has 0 bridgehead atoms. The molecule has 0 aromatic heterocycles. The van der Waals surface area contributed by atoms with E-state index in [1.54, 1.807) is 6.07 Å². The Morgan fingerprint density at radius 2 is 1.62 bits per heavy atom. The quantitative estimate of drug-likeness (QED) is 0.828. The summed E-state index contributed by atoms with van der Waals surface area (Å²) in [4.78, 5) is 0.0203. The minimum absolute atomic E-state index is 0.0203. The lowest BCUT2D eigenvalue weighted by Crippen LogP contribution is -2.05. The molecule has 0 aliphatic heterocycles. The van der Waals surface area contributed by atoms with Crippen LogP contribution in [0, 0.1) is 0 Å². The zero-order valence-electron chi connectivity index (χ0n) is 10.1. The molecule has 0 heterocycles. The highest BCUT2D eigenvalue weighted by Gasteiger charge is 2.18. The minimum Gasteiger partial charge on any atom is -0.282 e. The molecule has 0 unspecified atom stereocenters. The van der Waals surface area contributed by atoms with E-state index in [4.69, 9.17) is 4.55 Å². The predicted octanol–water partition coefficient (Wildman–Crippen LogP) is 3.18. The van der Waals surface area contributed by atoms with Crippen molar-refractivity contribution in [1.29, 1.82) is 0 Å². The van der Waals surface area contributed by atoms with E-state index in [1.807, 2.05) is 33.8 Å². The van der Waals surface area contributed by atoms with Crippen LogP contribution >= 0.6 is 0 Å². The molecule has 0 aliphatic rings. The standard InChI is InChI=1S/C12H18O3S/c1-8(2)10-5-6-12(16(13,14)15)11(7-10)9(3)4/h5-9H,1-4H3,(H,13,14,15). The van der Waals surface area contributed by atoms with E-state index in [1.165, 1.54) is 6.07 Å². The Kier molecular flexibility index (Phi) is 3.76. The lowest BCUT2D eigenvalue weighted by Gasteiger charge is -2.14. The minimum atomic E-state index is -4.12. The van der Waals surface area contributed by atoms with Gasteiger partial charge in [0.25, 0.3) is 10.1 Å². The molecule has 0 spiro atoms. The maximum absolute atomic E-state index is 11.2.